The molecule has 2 aliphatic rings. The average molecular weight is 791 g/mol. The Morgan fingerprint density at radius 2 is 1.54 bits per heavy atom. The number of aliphatic hydroxyl groups is 6. The van der Waals surface area contributed by atoms with Crippen LogP contribution in [0.4, 0.5) is 0 Å². The number of carbonyl (C=O) groups is 1. The van der Waals surface area contributed by atoms with Gasteiger partial charge in [0.2, 0.25) is 0 Å². The molecule has 0 bridgehead atoms. The first-order chi connectivity index (χ1) is 26.5. The van der Waals surface area contributed by atoms with Crippen LogP contribution >= 0.6 is 0 Å². The smallest absolute Gasteiger partial charge is 0.331 e. The Hall–Kier alpha value is -2.75. The van der Waals surface area contributed by atoms with Crippen LogP contribution in [0.1, 0.15) is 80.1 Å². The minimum absolute atomic E-state index is 0.0968. The minimum atomic E-state index is -1.23. The normalized spacial score (nSPS) is 39.2. The summed E-state index contributed by atoms with van der Waals surface area (Å²) in [6.07, 6.45) is 12.9. The summed E-state index contributed by atoms with van der Waals surface area (Å²) in [5.41, 5.74) is 0.738. The van der Waals surface area contributed by atoms with E-state index in [2.05, 4.69) is 13.0 Å². The molecule has 2 aliphatic heterocycles. The Morgan fingerprint density at radius 1 is 0.893 bits per heavy atom. The third-order valence-corrected chi connectivity index (χ3v) is 10.5. The van der Waals surface area contributed by atoms with E-state index in [9.17, 15) is 35.4 Å². The number of carbonyl (C=O) groups excluding carboxylic acids is 1. The molecule has 12 nitrogen and oxygen atoms in total. The first-order valence-electron chi connectivity index (χ1n) is 19.8. The van der Waals surface area contributed by atoms with Gasteiger partial charge in [-0.05, 0) is 58.4 Å². The van der Waals surface area contributed by atoms with Gasteiger partial charge >= 0.3 is 5.97 Å². The molecule has 0 spiro atoms. The molecule has 0 amide bonds. The predicted octanol–water partition coefficient (Wildman–Crippen LogP) is 4.59. The van der Waals surface area contributed by atoms with E-state index in [1.165, 1.54) is 38.5 Å². The number of aliphatic hydroxyl groups excluding tert-OH is 6. The largest absolute Gasteiger partial charge is 0.452 e. The number of methoxy groups -OCH3 is 3. The molecule has 1 fully saturated rings. The lowest BCUT2D eigenvalue weighted by molar-refractivity contribution is -0.152. The molecular formula is C44H70O12. The lowest BCUT2D eigenvalue weighted by atomic mass is 9.91. The SMILES string of the molecule is CCC[C@H](O)[C@@H](OC)[C@H]1O[C@@]1(C)[C@@H](O)C/C=C/[C@@H]1OC(=O)/C=C\C=C/[C@@H](O)[C@H](O)/C=C\C(C)=C/[C@H](C)CCC[C@@H](OC)[C@H](O)/C=C\C(C)=C/[C@@H](C)[C@H](O)[C@H]1OC. The predicted molar refractivity (Wildman–Crippen MR) is 217 cm³/mol. The first kappa shape index (κ1) is 49.4. The fraction of sp³-hybridized carbons (Fsp3) is 0.659. The number of rotatable bonds is 11. The average Bonchev–Trinajstić information content (AvgIpc) is 3.84. The van der Waals surface area contributed by atoms with Crippen molar-refractivity contribution in [3.63, 3.8) is 0 Å². The summed E-state index contributed by atoms with van der Waals surface area (Å²) in [5, 5.41) is 65.0. The standard InChI is InChI=1S/C44H70O12/c1-10-15-35(48)41(53-8)43-44(6,56-43)38(49)20-14-19-37-42(54-9)40(51)31(5)27-30(4)23-25-34(47)36(52-7)18-13-16-28(2)26-29(3)22-24-33(46)32(45)17-11-12-21-39(50)55-37/h11-12,14,17,19,21-28,31-38,40-43,45-49,51H,10,13,15-16,18,20H2,1-9H3/b17-11-,19-14+,21-12-,24-22-,25-23-,29-26-,30-27-/t28-,31-,32-,33-,34-,35+,36-,37+,38+,40+,41-,42+,43-,44+/m1/s1. The molecule has 318 valence electrons. The van der Waals surface area contributed by atoms with E-state index >= 15 is 0 Å². The highest BCUT2D eigenvalue weighted by molar-refractivity contribution is 5.82. The Morgan fingerprint density at radius 3 is 2.16 bits per heavy atom. The van der Waals surface area contributed by atoms with Crippen LogP contribution in [0.15, 0.2) is 84.1 Å². The molecule has 0 aromatic rings. The van der Waals surface area contributed by atoms with Gasteiger partial charge in [0.1, 0.15) is 42.2 Å². The summed E-state index contributed by atoms with van der Waals surface area (Å²) in [6, 6.07) is 0. The van der Waals surface area contributed by atoms with E-state index in [1.54, 1.807) is 51.3 Å². The topological polar surface area (TPSA) is 188 Å². The zero-order valence-corrected chi connectivity index (χ0v) is 34.8. The summed E-state index contributed by atoms with van der Waals surface area (Å²) >= 11 is 0. The fourth-order valence-corrected chi connectivity index (χ4v) is 6.97. The van der Waals surface area contributed by atoms with Crippen molar-refractivity contribution in [3.8, 4) is 0 Å². The fourth-order valence-electron chi connectivity index (χ4n) is 6.97. The maximum absolute atomic E-state index is 13.1. The van der Waals surface area contributed by atoms with Gasteiger partial charge in [0.15, 0.2) is 0 Å². The molecule has 14 atom stereocenters. The molecule has 0 aliphatic carbocycles. The second-order valence-electron chi connectivity index (χ2n) is 15.3. The monoisotopic (exact) mass is 790 g/mol. The van der Waals surface area contributed by atoms with E-state index in [-0.39, 0.29) is 12.3 Å². The minimum Gasteiger partial charge on any atom is -0.452 e. The van der Waals surface area contributed by atoms with Gasteiger partial charge in [0.25, 0.3) is 0 Å². The zero-order chi connectivity index (χ0) is 42.0. The molecule has 6 N–H and O–H groups in total. The maximum atomic E-state index is 13.1. The van der Waals surface area contributed by atoms with Crippen molar-refractivity contribution in [2.75, 3.05) is 21.3 Å². The molecule has 0 aromatic heterocycles. The van der Waals surface area contributed by atoms with Gasteiger partial charge in [-0.15, -0.1) is 0 Å². The van der Waals surface area contributed by atoms with E-state index < -0.39 is 84.6 Å². The van der Waals surface area contributed by atoms with Crippen molar-refractivity contribution in [1.82, 2.24) is 0 Å². The zero-order valence-electron chi connectivity index (χ0n) is 34.8. The van der Waals surface area contributed by atoms with Gasteiger partial charge < -0.3 is 54.3 Å². The van der Waals surface area contributed by atoms with Gasteiger partial charge in [0.05, 0.1) is 30.5 Å². The number of esters is 1. The summed E-state index contributed by atoms with van der Waals surface area (Å²) in [4.78, 5) is 13.1. The molecular weight excluding hydrogens is 720 g/mol. The Bertz CT molecular complexity index is 1380. The Balaban J connectivity index is 2.39. The summed E-state index contributed by atoms with van der Waals surface area (Å²) in [7, 11) is 4.47. The number of hydrogen-bond donors (Lipinski definition) is 6. The molecule has 1 saturated heterocycles. The number of ether oxygens (including phenoxy) is 5. The summed E-state index contributed by atoms with van der Waals surface area (Å²) in [5.74, 6) is -1.02. The van der Waals surface area contributed by atoms with Crippen LogP contribution in [0, 0.1) is 11.8 Å². The van der Waals surface area contributed by atoms with Gasteiger partial charge in [-0.2, -0.15) is 0 Å². The van der Waals surface area contributed by atoms with Crippen LogP contribution in [0.2, 0.25) is 0 Å². The highest BCUT2D eigenvalue weighted by Gasteiger charge is 2.61. The van der Waals surface area contributed by atoms with Crippen molar-refractivity contribution >= 4 is 5.97 Å². The maximum Gasteiger partial charge on any atom is 0.331 e. The van der Waals surface area contributed by atoms with Gasteiger partial charge in [-0.3, -0.25) is 0 Å². The van der Waals surface area contributed by atoms with E-state index in [0.717, 1.165) is 36.5 Å². The molecule has 12 heteroatoms. The van der Waals surface area contributed by atoms with E-state index in [1.807, 2.05) is 26.8 Å². The van der Waals surface area contributed by atoms with Gasteiger partial charge in [-0.1, -0.05) is 106 Å². The molecule has 0 aromatic carbocycles. The van der Waals surface area contributed by atoms with Crippen molar-refractivity contribution < 1.29 is 59.1 Å². The second kappa shape index (κ2) is 24.9. The van der Waals surface area contributed by atoms with E-state index in [4.69, 9.17) is 23.7 Å². The van der Waals surface area contributed by atoms with E-state index in [0.29, 0.717) is 12.8 Å². The van der Waals surface area contributed by atoms with Crippen molar-refractivity contribution in [1.29, 1.82) is 0 Å². The Labute approximate surface area is 334 Å². The second-order valence-corrected chi connectivity index (χ2v) is 15.3. The van der Waals surface area contributed by atoms with Gasteiger partial charge in [-0.25, -0.2) is 4.79 Å². The van der Waals surface area contributed by atoms with Crippen LogP contribution in [0.25, 0.3) is 0 Å². The van der Waals surface area contributed by atoms with Crippen LogP contribution in [0.3, 0.4) is 0 Å². The highest BCUT2D eigenvalue weighted by Crippen LogP contribution is 2.44. The third kappa shape index (κ3) is 15.9. The summed E-state index contributed by atoms with van der Waals surface area (Å²) in [6.45, 7) is 11.4. The van der Waals surface area contributed by atoms with Crippen molar-refractivity contribution in [3.05, 3.63) is 84.1 Å². The molecule has 0 radical (unpaired) electrons. The highest BCUT2D eigenvalue weighted by atomic mass is 16.6. The molecule has 56 heavy (non-hydrogen) atoms. The number of hydrogen-bond acceptors (Lipinski definition) is 12. The molecule has 2 heterocycles. The Kier molecular flexibility index (Phi) is 22.0. The van der Waals surface area contributed by atoms with Crippen molar-refractivity contribution in [2.45, 2.75) is 153 Å². The first-order valence-corrected chi connectivity index (χ1v) is 19.8. The quantitative estimate of drug-likeness (QED) is 0.0973. The van der Waals surface area contributed by atoms with Crippen LogP contribution < -0.4 is 0 Å². The van der Waals surface area contributed by atoms with Gasteiger partial charge in [0, 0.05) is 33.3 Å². The number of allylic oxidation sites excluding steroid dienone is 7. The lowest BCUT2D eigenvalue weighted by Crippen LogP contribution is -2.43. The van der Waals surface area contributed by atoms with Crippen LogP contribution in [0.5, 0.6) is 0 Å². The third-order valence-electron chi connectivity index (χ3n) is 10.5. The molecule has 0 unspecified atom stereocenters. The lowest BCUT2D eigenvalue weighted by Gasteiger charge is -2.30. The van der Waals surface area contributed by atoms with Crippen LogP contribution in [-0.4, -0.2) is 131 Å². The molecule has 0 saturated carbocycles. The number of cyclic esters (lactones) is 1. The van der Waals surface area contributed by atoms with Crippen LogP contribution in [-0.2, 0) is 28.5 Å². The summed E-state index contributed by atoms with van der Waals surface area (Å²) < 4.78 is 28.5. The number of epoxide rings is 1. The van der Waals surface area contributed by atoms with Crippen molar-refractivity contribution in [2.24, 2.45) is 11.8 Å². The molecule has 2 rings (SSSR count).